The van der Waals surface area contributed by atoms with E-state index in [-0.39, 0.29) is 16.4 Å². The lowest BCUT2D eigenvalue weighted by atomic mass is 10.1. The number of alkyl halides is 3. The van der Waals surface area contributed by atoms with Gasteiger partial charge >= 0.3 is 12.1 Å². The minimum absolute atomic E-state index is 0.0311. The minimum Gasteiger partial charge on any atom is -0.465 e. The second-order valence-corrected chi connectivity index (χ2v) is 7.65. The van der Waals surface area contributed by atoms with Gasteiger partial charge in [0.2, 0.25) is 4.77 Å². The topological polar surface area (TPSA) is 90.1 Å². The van der Waals surface area contributed by atoms with Crippen LogP contribution in [0.1, 0.15) is 21.6 Å². The largest absolute Gasteiger partial charge is 0.465 e. The van der Waals surface area contributed by atoms with Gasteiger partial charge in [0.25, 0.3) is 5.95 Å². The molecule has 0 fully saturated rings. The molecule has 4 rings (SSSR count). The molecule has 13 heteroatoms. The Balaban J connectivity index is 1.77. The Kier molecular flexibility index (Phi) is 6.35. The highest BCUT2D eigenvalue weighted by molar-refractivity contribution is 7.71. The molecule has 0 aliphatic heterocycles. The molecule has 2 heterocycles. The highest BCUT2D eigenvalue weighted by atomic mass is 35.5. The lowest BCUT2D eigenvalue weighted by molar-refractivity contribution is -0.141. The first-order valence-electron chi connectivity index (χ1n) is 9.51. The number of carbonyl (C=O) groups is 1. The molecule has 0 bridgehead atoms. The molecule has 0 amide bonds. The third kappa shape index (κ3) is 4.77. The summed E-state index contributed by atoms with van der Waals surface area (Å²) < 4.78 is 47.2. The summed E-state index contributed by atoms with van der Waals surface area (Å²) in [6.07, 6.45) is -3.28. The van der Waals surface area contributed by atoms with Crippen LogP contribution in [0.25, 0.3) is 17.2 Å². The maximum atomic E-state index is 13.5. The number of benzene rings is 2. The van der Waals surface area contributed by atoms with Crippen molar-refractivity contribution in [1.82, 2.24) is 24.7 Å². The minimum atomic E-state index is -4.69. The molecule has 0 aliphatic carbocycles. The van der Waals surface area contributed by atoms with Crippen LogP contribution in [-0.4, -0.2) is 43.9 Å². The van der Waals surface area contributed by atoms with Crippen molar-refractivity contribution in [2.75, 3.05) is 7.11 Å². The van der Waals surface area contributed by atoms with Gasteiger partial charge in [0.1, 0.15) is 0 Å². The first-order valence-corrected chi connectivity index (χ1v) is 10.3. The van der Waals surface area contributed by atoms with Crippen molar-refractivity contribution < 1.29 is 22.7 Å². The lowest BCUT2D eigenvalue weighted by Crippen LogP contribution is -2.10. The zero-order valence-electron chi connectivity index (χ0n) is 17.2. The van der Waals surface area contributed by atoms with Crippen molar-refractivity contribution in [2.45, 2.75) is 6.18 Å². The number of esters is 1. The summed E-state index contributed by atoms with van der Waals surface area (Å²) in [7, 11) is 1.28. The van der Waals surface area contributed by atoms with E-state index < -0.39 is 17.8 Å². The van der Waals surface area contributed by atoms with Gasteiger partial charge < -0.3 is 4.74 Å². The Bertz CT molecular complexity index is 1420. The average Bonchev–Trinajstić information content (AvgIpc) is 3.42. The number of rotatable bonds is 5. The van der Waals surface area contributed by atoms with Crippen molar-refractivity contribution in [1.29, 1.82) is 0 Å². The van der Waals surface area contributed by atoms with Gasteiger partial charge in [-0.15, -0.1) is 5.10 Å². The fourth-order valence-electron chi connectivity index (χ4n) is 2.97. The maximum absolute atomic E-state index is 13.5. The van der Waals surface area contributed by atoms with Crippen LogP contribution in [0.4, 0.5) is 13.2 Å². The number of hydrogen-bond acceptors (Lipinski definition) is 6. The number of nitrogens with one attached hydrogen (secondary N) is 1. The van der Waals surface area contributed by atoms with Crippen LogP contribution in [0.5, 0.6) is 0 Å². The summed E-state index contributed by atoms with van der Waals surface area (Å²) in [5, 5.41) is 14.9. The Hall–Kier alpha value is -3.77. The number of aromatic amines is 1. The van der Waals surface area contributed by atoms with Gasteiger partial charge in [-0.3, -0.25) is 0 Å². The monoisotopic (exact) mass is 506 g/mol. The third-order valence-corrected chi connectivity index (χ3v) is 5.13. The molecular weight excluding hydrogens is 493 g/mol. The van der Waals surface area contributed by atoms with E-state index in [1.54, 1.807) is 48.5 Å². The fourth-order valence-corrected chi connectivity index (χ4v) is 3.27. The standard InChI is InChI=1S/C21H14ClF3N6O2S/c1-33-18(32)14-4-2-12(3-5-14)11-26-31-19(27-28-20(31)34)30-16(10-17(29-30)21(23,24)25)13-6-8-15(22)9-7-13/h2-11H,1H3,(H,28,34)/b26-11+. The molecule has 2 aromatic carbocycles. The zero-order valence-corrected chi connectivity index (χ0v) is 18.8. The maximum Gasteiger partial charge on any atom is 0.435 e. The summed E-state index contributed by atoms with van der Waals surface area (Å²) in [4.78, 5) is 11.6. The second-order valence-electron chi connectivity index (χ2n) is 6.83. The molecule has 34 heavy (non-hydrogen) atoms. The molecule has 174 valence electrons. The van der Waals surface area contributed by atoms with Crippen molar-refractivity contribution in [2.24, 2.45) is 5.10 Å². The predicted molar refractivity (Wildman–Crippen MR) is 121 cm³/mol. The molecule has 4 aromatic rings. The molecule has 0 saturated heterocycles. The Labute approximate surface area is 200 Å². The average molecular weight is 507 g/mol. The quantitative estimate of drug-likeness (QED) is 0.230. The molecule has 0 aliphatic rings. The van der Waals surface area contributed by atoms with Gasteiger partial charge in [-0.2, -0.15) is 32.7 Å². The van der Waals surface area contributed by atoms with E-state index >= 15 is 0 Å². The summed E-state index contributed by atoms with van der Waals surface area (Å²) in [5.74, 6) is -0.579. The van der Waals surface area contributed by atoms with E-state index in [0.717, 1.165) is 15.4 Å². The van der Waals surface area contributed by atoms with E-state index in [1.165, 1.54) is 13.3 Å². The number of carbonyl (C=O) groups excluding carboxylic acids is 1. The number of hydrogen-bond donors (Lipinski definition) is 1. The van der Waals surface area contributed by atoms with E-state index in [2.05, 4.69) is 25.1 Å². The van der Waals surface area contributed by atoms with Gasteiger partial charge in [-0.25, -0.2) is 9.89 Å². The number of halogens is 4. The van der Waals surface area contributed by atoms with Crippen molar-refractivity contribution in [3.8, 4) is 17.2 Å². The predicted octanol–water partition coefficient (Wildman–Crippen LogP) is 5.13. The van der Waals surface area contributed by atoms with Crippen molar-refractivity contribution in [3.63, 3.8) is 0 Å². The van der Waals surface area contributed by atoms with Gasteiger partial charge in [-0.1, -0.05) is 35.9 Å². The van der Waals surface area contributed by atoms with Crippen LogP contribution >= 0.6 is 23.8 Å². The lowest BCUT2D eigenvalue weighted by Gasteiger charge is -2.06. The Morgan fingerprint density at radius 3 is 2.47 bits per heavy atom. The molecule has 0 unspecified atom stereocenters. The Morgan fingerprint density at radius 1 is 1.18 bits per heavy atom. The van der Waals surface area contributed by atoms with Gasteiger partial charge in [0, 0.05) is 10.6 Å². The molecule has 0 radical (unpaired) electrons. The normalized spacial score (nSPS) is 11.8. The number of methoxy groups -OCH3 is 1. The van der Waals surface area contributed by atoms with Crippen LogP contribution in [0.2, 0.25) is 5.02 Å². The molecule has 0 saturated carbocycles. The van der Waals surface area contributed by atoms with Gasteiger partial charge in [-0.05, 0) is 48.1 Å². The summed E-state index contributed by atoms with van der Waals surface area (Å²) in [6, 6.07) is 13.5. The third-order valence-electron chi connectivity index (χ3n) is 4.62. The number of aromatic nitrogens is 5. The summed E-state index contributed by atoms with van der Waals surface area (Å²) >= 11 is 11.1. The highest BCUT2D eigenvalue weighted by Gasteiger charge is 2.36. The van der Waals surface area contributed by atoms with Crippen LogP contribution < -0.4 is 0 Å². The molecule has 8 nitrogen and oxygen atoms in total. The summed E-state index contributed by atoms with van der Waals surface area (Å²) in [5.41, 5.74) is 0.368. The molecule has 0 atom stereocenters. The first kappa shape index (κ1) is 23.4. The molecule has 2 aromatic heterocycles. The molecular formula is C21H14ClF3N6O2S. The van der Waals surface area contributed by atoms with Crippen molar-refractivity contribution in [3.05, 3.63) is 81.2 Å². The molecule has 0 spiro atoms. The van der Waals surface area contributed by atoms with Gasteiger partial charge in [0.05, 0.1) is 24.6 Å². The van der Waals surface area contributed by atoms with E-state index in [9.17, 15) is 18.0 Å². The van der Waals surface area contributed by atoms with Crippen molar-refractivity contribution >= 4 is 36.0 Å². The van der Waals surface area contributed by atoms with Crippen LogP contribution in [-0.2, 0) is 10.9 Å². The van der Waals surface area contributed by atoms with E-state index in [0.29, 0.717) is 21.7 Å². The molecule has 1 N–H and O–H groups in total. The fraction of sp³-hybridized carbons (Fsp3) is 0.0952. The number of ether oxygens (including phenoxy) is 1. The zero-order chi connectivity index (χ0) is 24.5. The first-order chi connectivity index (χ1) is 16.2. The Morgan fingerprint density at radius 2 is 1.85 bits per heavy atom. The number of H-pyrrole nitrogens is 1. The van der Waals surface area contributed by atoms with Gasteiger partial charge in [0.15, 0.2) is 5.69 Å². The number of nitrogens with zero attached hydrogens (tertiary/aromatic N) is 5. The summed E-state index contributed by atoms with van der Waals surface area (Å²) in [6.45, 7) is 0. The SMILES string of the molecule is COC(=O)c1ccc(/C=N/n2c(-n3nc(C(F)(F)F)cc3-c3ccc(Cl)cc3)n[nH]c2=S)cc1. The second kappa shape index (κ2) is 9.23. The van der Waals surface area contributed by atoms with E-state index in [4.69, 9.17) is 23.8 Å². The van der Waals surface area contributed by atoms with Crippen LogP contribution in [0.3, 0.4) is 0 Å². The smallest absolute Gasteiger partial charge is 0.435 e. The van der Waals surface area contributed by atoms with Crippen LogP contribution in [0, 0.1) is 4.77 Å². The highest BCUT2D eigenvalue weighted by Crippen LogP contribution is 2.33. The van der Waals surface area contributed by atoms with E-state index in [1.807, 2.05) is 0 Å². The van der Waals surface area contributed by atoms with Crippen LogP contribution in [0.15, 0.2) is 59.7 Å².